The summed E-state index contributed by atoms with van der Waals surface area (Å²) in [6.07, 6.45) is 8.68. The van der Waals surface area contributed by atoms with Gasteiger partial charge in [0.2, 0.25) is 0 Å². The largest absolute Gasteiger partial charge is 0.337 e. The molecule has 0 saturated heterocycles. The van der Waals surface area contributed by atoms with E-state index < -0.39 is 0 Å². The fourth-order valence-corrected chi connectivity index (χ4v) is 3.28. The second-order valence-corrected chi connectivity index (χ2v) is 5.72. The SMILES string of the molecule is Cc1cnc(C)n2c1c(CCn1ccnc1)c1ccccc12. The maximum atomic E-state index is 4.53. The van der Waals surface area contributed by atoms with Crippen LogP contribution >= 0.6 is 0 Å². The van der Waals surface area contributed by atoms with Crippen molar-refractivity contribution in [3.05, 3.63) is 66.1 Å². The second kappa shape index (κ2) is 4.98. The van der Waals surface area contributed by atoms with E-state index >= 15 is 0 Å². The van der Waals surface area contributed by atoms with Gasteiger partial charge in [-0.05, 0) is 37.5 Å². The number of hydrogen-bond acceptors (Lipinski definition) is 2. The van der Waals surface area contributed by atoms with Crippen molar-refractivity contribution in [2.75, 3.05) is 0 Å². The minimum Gasteiger partial charge on any atom is -0.337 e. The smallest absolute Gasteiger partial charge is 0.110 e. The zero-order valence-corrected chi connectivity index (χ0v) is 12.8. The lowest BCUT2D eigenvalue weighted by atomic mass is 10.1. The van der Waals surface area contributed by atoms with Gasteiger partial charge in [-0.15, -0.1) is 0 Å². The molecule has 0 spiro atoms. The van der Waals surface area contributed by atoms with Gasteiger partial charge in [-0.1, -0.05) is 18.2 Å². The fraction of sp³-hybridized carbons (Fsp3) is 0.222. The van der Waals surface area contributed by atoms with Crippen LogP contribution in [-0.4, -0.2) is 18.9 Å². The van der Waals surface area contributed by atoms with E-state index in [1.54, 1.807) is 0 Å². The maximum absolute atomic E-state index is 4.53. The molecule has 3 aromatic heterocycles. The van der Waals surface area contributed by atoms with Crippen LogP contribution in [-0.2, 0) is 13.0 Å². The van der Waals surface area contributed by atoms with Crippen LogP contribution in [0, 0.1) is 13.8 Å². The summed E-state index contributed by atoms with van der Waals surface area (Å²) in [5, 5.41) is 1.32. The highest BCUT2D eigenvalue weighted by Gasteiger charge is 2.15. The molecule has 0 unspecified atom stereocenters. The van der Waals surface area contributed by atoms with E-state index in [-0.39, 0.29) is 0 Å². The van der Waals surface area contributed by atoms with Crippen LogP contribution < -0.4 is 0 Å². The minimum atomic E-state index is 0.935. The quantitative estimate of drug-likeness (QED) is 0.578. The lowest BCUT2D eigenvalue weighted by molar-refractivity contribution is 0.700. The molecule has 0 fully saturated rings. The van der Waals surface area contributed by atoms with Gasteiger partial charge in [-0.3, -0.25) is 4.40 Å². The second-order valence-electron chi connectivity index (χ2n) is 5.72. The van der Waals surface area contributed by atoms with Gasteiger partial charge in [0.1, 0.15) is 5.82 Å². The first kappa shape index (κ1) is 13.1. The number of nitrogens with zero attached hydrogens (tertiary/aromatic N) is 4. The van der Waals surface area contributed by atoms with Gasteiger partial charge in [-0.25, -0.2) is 9.97 Å². The average molecular weight is 290 g/mol. The van der Waals surface area contributed by atoms with Crippen LogP contribution in [0.15, 0.2) is 49.2 Å². The number of aryl methyl sites for hydroxylation is 4. The molecule has 0 aliphatic carbocycles. The van der Waals surface area contributed by atoms with Crippen molar-refractivity contribution in [3.63, 3.8) is 0 Å². The van der Waals surface area contributed by atoms with Crippen molar-refractivity contribution < 1.29 is 0 Å². The molecule has 4 aromatic rings. The Hall–Kier alpha value is -2.62. The van der Waals surface area contributed by atoms with Crippen LogP contribution in [0.2, 0.25) is 0 Å². The fourth-order valence-electron chi connectivity index (χ4n) is 3.28. The topological polar surface area (TPSA) is 35.1 Å². The highest BCUT2D eigenvalue weighted by atomic mass is 15.0. The predicted molar refractivity (Wildman–Crippen MR) is 88.1 cm³/mol. The molecule has 0 radical (unpaired) electrons. The lowest BCUT2D eigenvalue weighted by Crippen LogP contribution is -2.01. The number of hydrogen-bond donors (Lipinski definition) is 0. The zero-order chi connectivity index (χ0) is 15.1. The third kappa shape index (κ3) is 1.91. The number of fused-ring (bicyclic) bond motifs is 3. The lowest BCUT2D eigenvalue weighted by Gasteiger charge is -2.07. The van der Waals surface area contributed by atoms with Crippen molar-refractivity contribution in [1.82, 2.24) is 18.9 Å². The number of imidazole rings is 1. The van der Waals surface area contributed by atoms with Crippen LogP contribution in [0.1, 0.15) is 17.0 Å². The summed E-state index contributed by atoms with van der Waals surface area (Å²) in [4.78, 5) is 8.65. The van der Waals surface area contributed by atoms with Gasteiger partial charge in [0, 0.05) is 30.5 Å². The molecule has 0 atom stereocenters. The normalized spacial score (nSPS) is 11.5. The molecular formula is C18H18N4. The van der Waals surface area contributed by atoms with Crippen molar-refractivity contribution in [2.24, 2.45) is 0 Å². The van der Waals surface area contributed by atoms with Crippen LogP contribution in [0.3, 0.4) is 0 Å². The van der Waals surface area contributed by atoms with Crippen molar-refractivity contribution in [2.45, 2.75) is 26.8 Å². The Bertz CT molecular complexity index is 948. The van der Waals surface area contributed by atoms with E-state index in [9.17, 15) is 0 Å². The van der Waals surface area contributed by atoms with E-state index in [2.05, 4.69) is 57.0 Å². The van der Waals surface area contributed by atoms with Crippen LogP contribution in [0.5, 0.6) is 0 Å². The Kier molecular flexibility index (Phi) is 2.96. The summed E-state index contributed by atoms with van der Waals surface area (Å²) in [6.45, 7) is 5.14. The monoisotopic (exact) mass is 290 g/mol. The van der Waals surface area contributed by atoms with Gasteiger partial charge in [0.05, 0.1) is 17.4 Å². The predicted octanol–water partition coefficient (Wildman–Crippen LogP) is 3.54. The van der Waals surface area contributed by atoms with Gasteiger partial charge >= 0.3 is 0 Å². The number of benzene rings is 1. The van der Waals surface area contributed by atoms with Gasteiger partial charge in [-0.2, -0.15) is 0 Å². The van der Waals surface area contributed by atoms with Crippen molar-refractivity contribution >= 4 is 16.4 Å². The molecule has 4 rings (SSSR count). The third-order valence-corrected chi connectivity index (χ3v) is 4.30. The van der Waals surface area contributed by atoms with E-state index in [4.69, 9.17) is 0 Å². The molecule has 0 aliphatic heterocycles. The Balaban J connectivity index is 1.96. The summed E-state index contributed by atoms with van der Waals surface area (Å²) in [7, 11) is 0. The first-order chi connectivity index (χ1) is 10.8. The van der Waals surface area contributed by atoms with E-state index in [0.717, 1.165) is 18.8 Å². The molecular weight excluding hydrogens is 272 g/mol. The molecule has 110 valence electrons. The summed E-state index contributed by atoms with van der Waals surface area (Å²) < 4.78 is 4.41. The molecule has 0 bridgehead atoms. The average Bonchev–Trinajstić information content (AvgIpc) is 3.15. The summed E-state index contributed by atoms with van der Waals surface area (Å²) in [6, 6.07) is 8.60. The van der Waals surface area contributed by atoms with E-state index in [1.807, 2.05) is 24.9 Å². The first-order valence-electron chi connectivity index (χ1n) is 7.55. The third-order valence-electron chi connectivity index (χ3n) is 4.30. The molecule has 1 aromatic carbocycles. The number of rotatable bonds is 3. The molecule has 0 N–H and O–H groups in total. The number of aromatic nitrogens is 4. The molecule has 0 aliphatic rings. The van der Waals surface area contributed by atoms with Gasteiger partial charge in [0.25, 0.3) is 0 Å². The number of para-hydroxylation sites is 1. The van der Waals surface area contributed by atoms with E-state index in [1.165, 1.54) is 27.5 Å². The summed E-state index contributed by atoms with van der Waals surface area (Å²) in [5.74, 6) is 1.03. The molecule has 3 heterocycles. The Morgan fingerprint density at radius 1 is 1.14 bits per heavy atom. The molecule has 0 saturated carbocycles. The molecule has 22 heavy (non-hydrogen) atoms. The Labute approximate surface area is 129 Å². The van der Waals surface area contributed by atoms with Crippen LogP contribution in [0.4, 0.5) is 0 Å². The van der Waals surface area contributed by atoms with Gasteiger partial charge < -0.3 is 4.57 Å². The highest BCUT2D eigenvalue weighted by Crippen LogP contribution is 2.30. The Morgan fingerprint density at radius 3 is 2.82 bits per heavy atom. The molecule has 4 nitrogen and oxygen atoms in total. The Morgan fingerprint density at radius 2 is 2.00 bits per heavy atom. The van der Waals surface area contributed by atoms with Crippen molar-refractivity contribution in [1.29, 1.82) is 0 Å². The zero-order valence-electron chi connectivity index (χ0n) is 12.8. The maximum Gasteiger partial charge on any atom is 0.110 e. The first-order valence-corrected chi connectivity index (χ1v) is 7.55. The van der Waals surface area contributed by atoms with Crippen molar-refractivity contribution in [3.8, 4) is 0 Å². The van der Waals surface area contributed by atoms with E-state index in [0.29, 0.717) is 0 Å². The standard InChI is InChI=1S/C18H18N4/c1-13-11-20-14(2)22-17-6-4-3-5-15(17)16(18(13)22)7-9-21-10-8-19-12-21/h3-6,8,10-12H,7,9H2,1-2H3. The minimum absolute atomic E-state index is 0.935. The summed E-state index contributed by atoms with van der Waals surface area (Å²) in [5.41, 5.74) is 5.16. The van der Waals surface area contributed by atoms with Crippen LogP contribution in [0.25, 0.3) is 16.4 Å². The molecule has 0 amide bonds. The van der Waals surface area contributed by atoms with Gasteiger partial charge in [0.15, 0.2) is 0 Å². The highest BCUT2D eigenvalue weighted by molar-refractivity contribution is 5.93. The molecule has 4 heteroatoms. The summed E-state index contributed by atoms with van der Waals surface area (Å²) >= 11 is 0.